The van der Waals surface area contributed by atoms with Crippen molar-refractivity contribution in [2.45, 2.75) is 360 Å². The van der Waals surface area contributed by atoms with Crippen LogP contribution in [0.5, 0.6) is 0 Å². The fourth-order valence-electron chi connectivity index (χ4n) is 10.3. The molecule has 0 saturated heterocycles. The molecule has 1 amide bonds. The second-order valence-electron chi connectivity index (χ2n) is 24.2. The van der Waals surface area contributed by atoms with E-state index in [2.05, 4.69) is 31.3 Å². The number of hydrogen-bond donors (Lipinski definition) is 2. The number of phosphoric acid groups is 1. The Morgan fingerprint density at radius 2 is 0.743 bits per heavy atom. The quantitative estimate of drug-likeness (QED) is 0.0272. The molecule has 0 bridgehead atoms. The Morgan fingerprint density at radius 3 is 1.05 bits per heavy atom. The van der Waals surface area contributed by atoms with Gasteiger partial charge in [-0.1, -0.05) is 315 Å². The van der Waals surface area contributed by atoms with Gasteiger partial charge < -0.3 is 28.8 Å². The Hall–Kier alpha value is -0.760. The normalized spacial score (nSPS) is 13.8. The number of nitrogens with one attached hydrogen (secondary N) is 1. The molecular formula is C65H131N2O6P. The Kier molecular flexibility index (Phi) is 56.4. The van der Waals surface area contributed by atoms with Crippen LogP contribution in [0.1, 0.15) is 348 Å². The van der Waals surface area contributed by atoms with Crippen LogP contribution in [0.15, 0.2) is 12.2 Å². The number of carbonyl (C=O) groups excluding carboxylic acids is 1. The van der Waals surface area contributed by atoms with Gasteiger partial charge in [-0.3, -0.25) is 9.36 Å². The molecule has 0 aliphatic carbocycles. The molecule has 8 nitrogen and oxygen atoms in total. The molecule has 0 radical (unpaired) electrons. The lowest BCUT2D eigenvalue weighted by atomic mass is 10.0. The molecule has 3 atom stereocenters. The van der Waals surface area contributed by atoms with Crippen LogP contribution in [0.2, 0.25) is 0 Å². The van der Waals surface area contributed by atoms with Crippen molar-refractivity contribution in [1.29, 1.82) is 0 Å². The second-order valence-corrected chi connectivity index (χ2v) is 25.6. The van der Waals surface area contributed by atoms with E-state index in [4.69, 9.17) is 9.05 Å². The van der Waals surface area contributed by atoms with E-state index in [-0.39, 0.29) is 19.1 Å². The standard InChI is InChI=1S/C65H131N2O6P/c1-6-8-10-12-14-16-18-20-22-24-25-26-27-28-29-30-31-32-33-34-35-36-37-38-39-40-41-43-45-47-49-51-53-55-57-59-65(69)66-63(62-73-74(70,71)72-61-60-67(3,4)5)64(68)58-56-54-52-50-48-46-44-42-23-21-19-17-15-13-11-9-7-2/h30-31,63-64,68H,6-29,32-62H2,1-5H3,(H-,66,69,70,71)/b31-30-. The third kappa shape index (κ3) is 58.9. The highest BCUT2D eigenvalue weighted by atomic mass is 31.2. The van der Waals surface area contributed by atoms with Crippen LogP contribution in [0.3, 0.4) is 0 Å². The van der Waals surface area contributed by atoms with Gasteiger partial charge in [0.05, 0.1) is 39.9 Å². The average molecular weight is 1070 g/mol. The molecule has 0 fully saturated rings. The monoisotopic (exact) mass is 1070 g/mol. The van der Waals surface area contributed by atoms with Gasteiger partial charge in [0, 0.05) is 6.42 Å². The number of amides is 1. The van der Waals surface area contributed by atoms with E-state index in [1.807, 2.05) is 21.1 Å². The molecule has 0 saturated carbocycles. The Morgan fingerprint density at radius 1 is 0.459 bits per heavy atom. The van der Waals surface area contributed by atoms with E-state index in [0.29, 0.717) is 23.9 Å². The van der Waals surface area contributed by atoms with Crippen LogP contribution in [-0.2, 0) is 18.4 Å². The van der Waals surface area contributed by atoms with E-state index in [0.717, 1.165) is 38.5 Å². The summed E-state index contributed by atoms with van der Waals surface area (Å²) in [6.45, 7) is 4.78. The summed E-state index contributed by atoms with van der Waals surface area (Å²) < 4.78 is 23.5. The summed E-state index contributed by atoms with van der Waals surface area (Å²) in [7, 11) is 1.32. The Labute approximate surface area is 462 Å². The summed E-state index contributed by atoms with van der Waals surface area (Å²) in [6.07, 6.45) is 71.4. The summed E-state index contributed by atoms with van der Waals surface area (Å²) in [5, 5.41) is 14.0. The topological polar surface area (TPSA) is 108 Å². The van der Waals surface area contributed by atoms with Crippen molar-refractivity contribution in [2.75, 3.05) is 40.9 Å². The molecule has 0 aromatic rings. The lowest BCUT2D eigenvalue weighted by Crippen LogP contribution is -2.46. The molecule has 74 heavy (non-hydrogen) atoms. The van der Waals surface area contributed by atoms with Gasteiger partial charge in [-0.2, -0.15) is 0 Å². The molecule has 0 aromatic heterocycles. The SMILES string of the molecule is CCCCCCCCCCCCCCCC/C=C\CCCCCCCCCCCCCCCCCCCC(=O)NC(COP(=O)([O-])OCC[N+](C)(C)C)C(O)CCCCCCCCCCCCCCCCCCC. The zero-order valence-corrected chi connectivity index (χ0v) is 51.5. The predicted molar refractivity (Wildman–Crippen MR) is 321 cm³/mol. The van der Waals surface area contributed by atoms with Gasteiger partial charge >= 0.3 is 0 Å². The number of phosphoric ester groups is 1. The number of rotatable bonds is 62. The molecule has 0 aromatic carbocycles. The van der Waals surface area contributed by atoms with Crippen LogP contribution < -0.4 is 10.2 Å². The van der Waals surface area contributed by atoms with Crippen molar-refractivity contribution < 1.29 is 32.9 Å². The van der Waals surface area contributed by atoms with E-state index < -0.39 is 20.0 Å². The van der Waals surface area contributed by atoms with Gasteiger partial charge in [-0.15, -0.1) is 0 Å². The maximum atomic E-state index is 13.0. The van der Waals surface area contributed by atoms with Crippen molar-refractivity contribution >= 4 is 13.7 Å². The maximum Gasteiger partial charge on any atom is 0.268 e. The fourth-order valence-corrected chi connectivity index (χ4v) is 11.1. The van der Waals surface area contributed by atoms with Crippen LogP contribution in [0.4, 0.5) is 0 Å². The summed E-state index contributed by atoms with van der Waals surface area (Å²) in [4.78, 5) is 25.6. The minimum Gasteiger partial charge on any atom is -0.756 e. The molecule has 0 rings (SSSR count). The molecule has 442 valence electrons. The van der Waals surface area contributed by atoms with Crippen LogP contribution in [0.25, 0.3) is 0 Å². The minimum atomic E-state index is -4.57. The minimum absolute atomic E-state index is 0.0155. The third-order valence-electron chi connectivity index (χ3n) is 15.5. The Bertz CT molecular complexity index is 1210. The zero-order chi connectivity index (χ0) is 54.2. The lowest BCUT2D eigenvalue weighted by Gasteiger charge is -2.30. The highest BCUT2D eigenvalue weighted by Gasteiger charge is 2.24. The number of hydrogen-bond acceptors (Lipinski definition) is 6. The predicted octanol–water partition coefficient (Wildman–Crippen LogP) is 19.9. The summed E-state index contributed by atoms with van der Waals surface area (Å²) in [5.41, 5.74) is 0. The lowest BCUT2D eigenvalue weighted by molar-refractivity contribution is -0.870. The molecule has 2 N–H and O–H groups in total. The molecule has 3 unspecified atom stereocenters. The highest BCUT2D eigenvalue weighted by molar-refractivity contribution is 7.45. The fraction of sp³-hybridized carbons (Fsp3) is 0.954. The number of likely N-dealkylation sites (N-methyl/N-ethyl adjacent to an activating group) is 1. The van der Waals surface area contributed by atoms with E-state index in [1.165, 1.54) is 283 Å². The van der Waals surface area contributed by atoms with Gasteiger partial charge in [0.1, 0.15) is 13.2 Å². The maximum absolute atomic E-state index is 13.0. The summed E-state index contributed by atoms with van der Waals surface area (Å²) >= 11 is 0. The molecular weight excluding hydrogens is 936 g/mol. The molecule has 0 spiro atoms. The van der Waals surface area contributed by atoms with Crippen molar-refractivity contribution in [1.82, 2.24) is 5.32 Å². The first-order valence-corrected chi connectivity index (χ1v) is 34.5. The van der Waals surface area contributed by atoms with E-state index >= 15 is 0 Å². The Balaban J connectivity index is 3.93. The van der Waals surface area contributed by atoms with Gasteiger partial charge in [0.2, 0.25) is 5.91 Å². The number of allylic oxidation sites excluding steroid dienone is 2. The summed E-state index contributed by atoms with van der Waals surface area (Å²) in [6, 6.07) is -0.797. The van der Waals surface area contributed by atoms with Gasteiger partial charge in [-0.25, -0.2) is 0 Å². The number of quaternary nitrogens is 1. The first-order chi connectivity index (χ1) is 36.0. The first kappa shape index (κ1) is 73.2. The molecule has 0 aliphatic heterocycles. The first-order valence-electron chi connectivity index (χ1n) is 33.0. The molecule has 9 heteroatoms. The van der Waals surface area contributed by atoms with E-state index in [9.17, 15) is 19.4 Å². The van der Waals surface area contributed by atoms with E-state index in [1.54, 1.807) is 0 Å². The summed E-state index contributed by atoms with van der Waals surface area (Å²) in [5.74, 6) is -0.157. The number of carbonyl (C=O) groups is 1. The van der Waals surface area contributed by atoms with Crippen LogP contribution in [0, 0.1) is 0 Å². The molecule has 0 heterocycles. The van der Waals surface area contributed by atoms with Crippen molar-refractivity contribution in [3.8, 4) is 0 Å². The van der Waals surface area contributed by atoms with Crippen molar-refractivity contribution in [2.24, 2.45) is 0 Å². The van der Waals surface area contributed by atoms with Crippen LogP contribution >= 0.6 is 7.82 Å². The van der Waals surface area contributed by atoms with Gasteiger partial charge in [0.25, 0.3) is 7.82 Å². The second kappa shape index (κ2) is 56.9. The zero-order valence-electron chi connectivity index (χ0n) is 50.6. The number of unbranched alkanes of at least 4 members (excludes halogenated alkanes) is 47. The average Bonchev–Trinajstić information content (AvgIpc) is 3.36. The smallest absolute Gasteiger partial charge is 0.268 e. The van der Waals surface area contributed by atoms with Gasteiger partial charge in [-0.05, 0) is 38.5 Å². The third-order valence-corrected chi connectivity index (χ3v) is 16.5. The number of aliphatic hydroxyl groups excluding tert-OH is 1. The number of nitrogens with zero attached hydrogens (tertiary/aromatic N) is 1. The van der Waals surface area contributed by atoms with Crippen molar-refractivity contribution in [3.05, 3.63) is 12.2 Å². The van der Waals surface area contributed by atoms with Crippen LogP contribution in [-0.4, -0.2) is 68.5 Å². The van der Waals surface area contributed by atoms with Crippen molar-refractivity contribution in [3.63, 3.8) is 0 Å². The largest absolute Gasteiger partial charge is 0.756 e. The van der Waals surface area contributed by atoms with Gasteiger partial charge in [0.15, 0.2) is 0 Å². The number of aliphatic hydroxyl groups is 1. The highest BCUT2D eigenvalue weighted by Crippen LogP contribution is 2.38. The molecule has 0 aliphatic rings.